The SMILES string of the molecule is C=CCCC1CCC2CC(c3ccc(-c4ccc(C)c(F)c4F)cc3)CCC2C1. The first kappa shape index (κ1) is 20.3. The molecule has 2 aromatic rings. The molecular formula is C27H32F2. The topological polar surface area (TPSA) is 0 Å². The number of hydrogen-bond donors (Lipinski definition) is 0. The molecule has 2 aliphatic rings. The van der Waals surface area contributed by atoms with E-state index in [-0.39, 0.29) is 0 Å². The third-order valence-electron chi connectivity index (χ3n) is 7.47. The molecule has 0 heterocycles. The smallest absolute Gasteiger partial charge is 0.166 e. The fraction of sp³-hybridized carbons (Fsp3) is 0.481. The molecular weight excluding hydrogens is 362 g/mol. The van der Waals surface area contributed by atoms with Gasteiger partial charge < -0.3 is 0 Å². The van der Waals surface area contributed by atoms with Gasteiger partial charge in [-0.25, -0.2) is 8.78 Å². The molecule has 2 fully saturated rings. The average Bonchev–Trinajstić information content (AvgIpc) is 2.76. The first-order chi connectivity index (χ1) is 14.1. The normalized spacial score (nSPS) is 26.7. The molecule has 4 rings (SSSR count). The molecule has 0 aromatic heterocycles. The Morgan fingerprint density at radius 2 is 1.62 bits per heavy atom. The summed E-state index contributed by atoms with van der Waals surface area (Å²) in [5.74, 6) is 1.78. The molecule has 0 aliphatic heterocycles. The van der Waals surface area contributed by atoms with Crippen molar-refractivity contribution in [2.45, 2.75) is 64.2 Å². The second-order valence-electron chi connectivity index (χ2n) is 9.26. The van der Waals surface area contributed by atoms with Crippen LogP contribution in [0.4, 0.5) is 8.78 Å². The van der Waals surface area contributed by atoms with Crippen LogP contribution in [0, 0.1) is 36.3 Å². The molecule has 0 bridgehead atoms. The van der Waals surface area contributed by atoms with Crippen LogP contribution in [0.15, 0.2) is 49.1 Å². The zero-order valence-electron chi connectivity index (χ0n) is 17.5. The molecule has 2 aromatic carbocycles. The summed E-state index contributed by atoms with van der Waals surface area (Å²) in [4.78, 5) is 0. The minimum Gasteiger partial charge on any atom is -0.203 e. The number of fused-ring (bicyclic) bond motifs is 1. The van der Waals surface area contributed by atoms with E-state index in [1.807, 2.05) is 12.1 Å². The fourth-order valence-electron chi connectivity index (χ4n) is 5.71. The number of benzene rings is 2. The van der Waals surface area contributed by atoms with Crippen molar-refractivity contribution in [2.24, 2.45) is 17.8 Å². The lowest BCUT2D eigenvalue weighted by Crippen LogP contribution is -2.30. The molecule has 0 radical (unpaired) electrons. The first-order valence-corrected chi connectivity index (χ1v) is 11.2. The Hall–Kier alpha value is -1.96. The molecule has 4 unspecified atom stereocenters. The van der Waals surface area contributed by atoms with Gasteiger partial charge in [-0.15, -0.1) is 6.58 Å². The van der Waals surface area contributed by atoms with Gasteiger partial charge in [-0.2, -0.15) is 0 Å². The standard InChI is InChI=1S/C27H32F2/c1-3-4-5-19-7-8-24-17-23(14-13-22(24)16-19)20-9-11-21(12-10-20)25-15-6-18(2)26(28)27(25)29/h3,6,9-12,15,19,22-24H,1,4-5,7-8,13-14,16-17H2,2H3. The molecule has 2 heteroatoms. The van der Waals surface area contributed by atoms with Gasteiger partial charge in [0.25, 0.3) is 0 Å². The van der Waals surface area contributed by atoms with Crippen LogP contribution in [0.2, 0.25) is 0 Å². The second kappa shape index (κ2) is 8.81. The Labute approximate surface area is 174 Å². The number of allylic oxidation sites excluding steroid dienone is 1. The van der Waals surface area contributed by atoms with Gasteiger partial charge in [-0.1, -0.05) is 48.9 Å². The third kappa shape index (κ3) is 4.32. The minimum absolute atomic E-state index is 0.346. The van der Waals surface area contributed by atoms with Crippen molar-refractivity contribution in [2.75, 3.05) is 0 Å². The van der Waals surface area contributed by atoms with E-state index in [0.717, 1.165) is 29.7 Å². The van der Waals surface area contributed by atoms with E-state index in [0.29, 0.717) is 17.0 Å². The molecule has 29 heavy (non-hydrogen) atoms. The van der Waals surface area contributed by atoms with Crippen LogP contribution in [0.1, 0.15) is 68.4 Å². The first-order valence-electron chi connectivity index (χ1n) is 11.2. The molecule has 0 spiro atoms. The Kier molecular flexibility index (Phi) is 6.18. The van der Waals surface area contributed by atoms with E-state index >= 15 is 0 Å². The van der Waals surface area contributed by atoms with E-state index in [2.05, 4.69) is 24.8 Å². The van der Waals surface area contributed by atoms with Crippen LogP contribution in [-0.2, 0) is 0 Å². The largest absolute Gasteiger partial charge is 0.203 e. The molecule has 2 saturated carbocycles. The summed E-state index contributed by atoms with van der Waals surface area (Å²) in [5.41, 5.74) is 2.80. The summed E-state index contributed by atoms with van der Waals surface area (Å²) in [6, 6.07) is 11.5. The van der Waals surface area contributed by atoms with Gasteiger partial charge in [0, 0.05) is 5.56 Å². The number of halogens is 2. The van der Waals surface area contributed by atoms with Crippen molar-refractivity contribution in [3.63, 3.8) is 0 Å². The lowest BCUT2D eigenvalue weighted by molar-refractivity contribution is 0.115. The van der Waals surface area contributed by atoms with Gasteiger partial charge in [0.1, 0.15) is 0 Å². The van der Waals surface area contributed by atoms with Crippen molar-refractivity contribution < 1.29 is 8.78 Å². The molecule has 0 saturated heterocycles. The maximum Gasteiger partial charge on any atom is 0.166 e. The molecule has 154 valence electrons. The predicted molar refractivity (Wildman–Crippen MR) is 117 cm³/mol. The summed E-state index contributed by atoms with van der Waals surface area (Å²) >= 11 is 0. The Morgan fingerprint density at radius 1 is 0.897 bits per heavy atom. The molecule has 2 aliphatic carbocycles. The van der Waals surface area contributed by atoms with Gasteiger partial charge in [0.15, 0.2) is 11.6 Å². The van der Waals surface area contributed by atoms with Crippen molar-refractivity contribution in [1.29, 1.82) is 0 Å². The lowest BCUT2D eigenvalue weighted by atomic mass is 9.63. The number of rotatable bonds is 5. The van der Waals surface area contributed by atoms with Crippen LogP contribution in [-0.4, -0.2) is 0 Å². The summed E-state index contributed by atoms with van der Waals surface area (Å²) < 4.78 is 28.2. The molecule has 0 nitrogen and oxygen atoms in total. The minimum atomic E-state index is -0.744. The van der Waals surface area contributed by atoms with Crippen molar-refractivity contribution >= 4 is 0 Å². The van der Waals surface area contributed by atoms with E-state index < -0.39 is 11.6 Å². The van der Waals surface area contributed by atoms with Crippen LogP contribution >= 0.6 is 0 Å². The predicted octanol–water partition coefficient (Wildman–Crippen LogP) is 8.21. The highest BCUT2D eigenvalue weighted by molar-refractivity contribution is 5.65. The van der Waals surface area contributed by atoms with E-state index in [1.165, 1.54) is 50.5 Å². The molecule has 4 atom stereocenters. The number of hydrogen-bond acceptors (Lipinski definition) is 0. The Bertz CT molecular complexity index is 852. The van der Waals surface area contributed by atoms with Crippen molar-refractivity contribution in [1.82, 2.24) is 0 Å². The van der Waals surface area contributed by atoms with Crippen molar-refractivity contribution in [3.05, 3.63) is 71.8 Å². The summed E-state index contributed by atoms with van der Waals surface area (Å²) in [7, 11) is 0. The second-order valence-corrected chi connectivity index (χ2v) is 9.26. The quantitative estimate of drug-likeness (QED) is 0.448. The average molecular weight is 395 g/mol. The highest BCUT2D eigenvalue weighted by atomic mass is 19.2. The highest BCUT2D eigenvalue weighted by Crippen LogP contribution is 2.48. The monoisotopic (exact) mass is 394 g/mol. The van der Waals surface area contributed by atoms with Gasteiger partial charge in [-0.05, 0) is 92.2 Å². The van der Waals surface area contributed by atoms with Crippen LogP contribution in [0.25, 0.3) is 11.1 Å². The maximum absolute atomic E-state index is 14.3. The van der Waals surface area contributed by atoms with Gasteiger partial charge in [-0.3, -0.25) is 0 Å². The third-order valence-corrected chi connectivity index (χ3v) is 7.47. The van der Waals surface area contributed by atoms with Crippen LogP contribution in [0.5, 0.6) is 0 Å². The Morgan fingerprint density at radius 3 is 2.38 bits per heavy atom. The molecule has 0 amide bonds. The number of aryl methyl sites for hydroxylation is 1. The van der Waals surface area contributed by atoms with Crippen molar-refractivity contribution in [3.8, 4) is 11.1 Å². The van der Waals surface area contributed by atoms with Crippen LogP contribution < -0.4 is 0 Å². The Balaban J connectivity index is 1.42. The van der Waals surface area contributed by atoms with Gasteiger partial charge in [0.2, 0.25) is 0 Å². The zero-order valence-corrected chi connectivity index (χ0v) is 17.5. The van der Waals surface area contributed by atoms with Gasteiger partial charge >= 0.3 is 0 Å². The summed E-state index contributed by atoms with van der Waals surface area (Å²) in [6.07, 6.45) is 12.5. The lowest BCUT2D eigenvalue weighted by Gasteiger charge is -2.42. The van der Waals surface area contributed by atoms with Crippen LogP contribution in [0.3, 0.4) is 0 Å². The highest BCUT2D eigenvalue weighted by Gasteiger charge is 2.35. The molecule has 0 N–H and O–H groups in total. The van der Waals surface area contributed by atoms with E-state index in [9.17, 15) is 8.78 Å². The fourth-order valence-corrected chi connectivity index (χ4v) is 5.71. The zero-order chi connectivity index (χ0) is 20.4. The van der Waals surface area contributed by atoms with E-state index in [4.69, 9.17) is 0 Å². The van der Waals surface area contributed by atoms with Gasteiger partial charge in [0.05, 0.1) is 0 Å². The summed E-state index contributed by atoms with van der Waals surface area (Å²) in [6.45, 7) is 5.46. The summed E-state index contributed by atoms with van der Waals surface area (Å²) in [5, 5.41) is 0. The van der Waals surface area contributed by atoms with E-state index in [1.54, 1.807) is 19.1 Å². The maximum atomic E-state index is 14.3.